The second-order valence-corrected chi connectivity index (χ2v) is 4.48. The number of amidine groups is 1. The summed E-state index contributed by atoms with van der Waals surface area (Å²) in [4.78, 5) is 2.30. The Morgan fingerprint density at radius 1 is 1.35 bits per heavy atom. The Labute approximate surface area is 104 Å². The Bertz CT molecular complexity index is 373. The number of hydrogen-bond donors (Lipinski definition) is 2. The van der Waals surface area contributed by atoms with E-state index in [1.807, 2.05) is 24.3 Å². The predicted octanol–water partition coefficient (Wildman–Crippen LogP) is 2.84. The molecular weight excluding hydrogens is 210 g/mol. The van der Waals surface area contributed by atoms with Crippen LogP contribution in [0.4, 0.5) is 5.69 Å². The topological polar surface area (TPSA) is 53.1 Å². The van der Waals surface area contributed by atoms with Gasteiger partial charge in [-0.25, -0.2) is 0 Å². The van der Waals surface area contributed by atoms with Crippen LogP contribution in [0, 0.1) is 11.3 Å². The van der Waals surface area contributed by atoms with Crippen LogP contribution in [0.2, 0.25) is 0 Å². The Balaban J connectivity index is 2.99. The summed E-state index contributed by atoms with van der Waals surface area (Å²) < 4.78 is 0. The average Bonchev–Trinajstić information content (AvgIpc) is 2.35. The fourth-order valence-corrected chi connectivity index (χ4v) is 1.88. The number of rotatable bonds is 6. The molecule has 3 nitrogen and oxygen atoms in total. The Morgan fingerprint density at radius 3 is 2.53 bits per heavy atom. The van der Waals surface area contributed by atoms with Crippen molar-refractivity contribution in [3.63, 3.8) is 0 Å². The van der Waals surface area contributed by atoms with Crippen molar-refractivity contribution in [3.8, 4) is 0 Å². The fourth-order valence-electron chi connectivity index (χ4n) is 1.88. The summed E-state index contributed by atoms with van der Waals surface area (Å²) in [5.74, 6) is 0.790. The molecule has 0 spiro atoms. The zero-order valence-electron chi connectivity index (χ0n) is 11.0. The van der Waals surface area contributed by atoms with Gasteiger partial charge in [0.1, 0.15) is 5.84 Å². The van der Waals surface area contributed by atoms with Crippen LogP contribution in [0.5, 0.6) is 0 Å². The van der Waals surface area contributed by atoms with Crippen molar-refractivity contribution in [1.29, 1.82) is 5.41 Å². The third-order valence-corrected chi connectivity index (χ3v) is 3.15. The minimum absolute atomic E-state index is 0.142. The molecule has 0 aliphatic carbocycles. The molecule has 0 saturated heterocycles. The van der Waals surface area contributed by atoms with E-state index in [1.165, 1.54) is 6.42 Å². The second-order valence-electron chi connectivity index (χ2n) is 4.48. The maximum atomic E-state index is 7.62. The largest absolute Gasteiger partial charge is 0.384 e. The predicted molar refractivity (Wildman–Crippen MR) is 74.8 cm³/mol. The molecule has 0 aromatic heterocycles. The lowest BCUT2D eigenvalue weighted by atomic mass is 10.1. The van der Waals surface area contributed by atoms with Crippen LogP contribution in [-0.4, -0.2) is 18.9 Å². The van der Waals surface area contributed by atoms with Crippen LogP contribution in [0.1, 0.15) is 32.8 Å². The molecule has 1 aromatic carbocycles. The number of hydrogen-bond acceptors (Lipinski definition) is 2. The molecule has 0 radical (unpaired) electrons. The Hall–Kier alpha value is -1.51. The van der Waals surface area contributed by atoms with Crippen molar-refractivity contribution in [1.82, 2.24) is 0 Å². The van der Waals surface area contributed by atoms with Gasteiger partial charge in [-0.15, -0.1) is 0 Å². The molecule has 1 unspecified atom stereocenters. The van der Waals surface area contributed by atoms with Gasteiger partial charge in [-0.05, 0) is 25.0 Å². The molecule has 0 amide bonds. The van der Waals surface area contributed by atoms with E-state index in [9.17, 15) is 0 Å². The first-order valence-electron chi connectivity index (χ1n) is 6.28. The van der Waals surface area contributed by atoms with Crippen molar-refractivity contribution in [2.75, 3.05) is 18.0 Å². The molecule has 0 fully saturated rings. The summed E-state index contributed by atoms with van der Waals surface area (Å²) in [5, 5.41) is 7.62. The van der Waals surface area contributed by atoms with Gasteiger partial charge < -0.3 is 10.6 Å². The third kappa shape index (κ3) is 3.48. The van der Waals surface area contributed by atoms with E-state index in [4.69, 9.17) is 11.1 Å². The first-order chi connectivity index (χ1) is 8.10. The number of nitrogens with zero attached hydrogens (tertiary/aromatic N) is 1. The molecule has 3 N–H and O–H groups in total. The van der Waals surface area contributed by atoms with Gasteiger partial charge in [0.2, 0.25) is 0 Å². The maximum Gasteiger partial charge on any atom is 0.124 e. The molecule has 17 heavy (non-hydrogen) atoms. The second kappa shape index (κ2) is 6.28. The summed E-state index contributed by atoms with van der Waals surface area (Å²) in [6, 6.07) is 7.89. The van der Waals surface area contributed by atoms with Gasteiger partial charge in [0.15, 0.2) is 0 Å². The highest BCUT2D eigenvalue weighted by molar-refractivity contribution is 6.00. The summed E-state index contributed by atoms with van der Waals surface area (Å²) in [5.41, 5.74) is 7.53. The van der Waals surface area contributed by atoms with Gasteiger partial charge in [0.25, 0.3) is 0 Å². The molecular formula is C14H23N3. The van der Waals surface area contributed by atoms with Crippen molar-refractivity contribution < 1.29 is 0 Å². The first-order valence-corrected chi connectivity index (χ1v) is 6.28. The van der Waals surface area contributed by atoms with E-state index in [1.54, 1.807) is 0 Å². The number of nitrogens with two attached hydrogens (primary N) is 1. The van der Waals surface area contributed by atoms with Gasteiger partial charge in [0.05, 0.1) is 0 Å². The molecule has 0 bridgehead atoms. The number of para-hydroxylation sites is 1. The van der Waals surface area contributed by atoms with Gasteiger partial charge in [0, 0.05) is 24.3 Å². The van der Waals surface area contributed by atoms with Gasteiger partial charge in [-0.3, -0.25) is 5.41 Å². The van der Waals surface area contributed by atoms with Gasteiger partial charge in [-0.1, -0.05) is 32.4 Å². The molecule has 94 valence electrons. The lowest BCUT2D eigenvalue weighted by Crippen LogP contribution is -2.30. The van der Waals surface area contributed by atoms with E-state index in [-0.39, 0.29) is 5.84 Å². The quantitative estimate of drug-likeness (QED) is 0.586. The number of nitrogens with one attached hydrogen (secondary N) is 1. The number of benzene rings is 1. The minimum atomic E-state index is 0.142. The van der Waals surface area contributed by atoms with Crippen molar-refractivity contribution in [2.45, 2.75) is 27.2 Å². The molecule has 0 heterocycles. The third-order valence-electron chi connectivity index (χ3n) is 3.15. The van der Waals surface area contributed by atoms with Crippen LogP contribution >= 0.6 is 0 Å². The molecule has 3 heteroatoms. The molecule has 1 atom stereocenters. The number of anilines is 1. The number of nitrogen functional groups attached to an aromatic ring is 1. The van der Waals surface area contributed by atoms with E-state index >= 15 is 0 Å². The van der Waals surface area contributed by atoms with Crippen LogP contribution in [0.25, 0.3) is 0 Å². The average molecular weight is 233 g/mol. The maximum absolute atomic E-state index is 7.62. The van der Waals surface area contributed by atoms with E-state index in [0.717, 1.165) is 24.3 Å². The van der Waals surface area contributed by atoms with Gasteiger partial charge in [-0.2, -0.15) is 0 Å². The summed E-state index contributed by atoms with van der Waals surface area (Å²) in [6.07, 6.45) is 1.17. The molecule has 0 aliphatic rings. The molecule has 0 aliphatic heterocycles. The van der Waals surface area contributed by atoms with E-state index < -0.39 is 0 Å². The van der Waals surface area contributed by atoms with E-state index in [2.05, 4.69) is 25.7 Å². The molecule has 1 rings (SSSR count). The summed E-state index contributed by atoms with van der Waals surface area (Å²) in [7, 11) is 0. The highest BCUT2D eigenvalue weighted by Crippen LogP contribution is 2.21. The Morgan fingerprint density at radius 2 is 2.00 bits per heavy atom. The van der Waals surface area contributed by atoms with Crippen LogP contribution in [0.3, 0.4) is 0 Å². The van der Waals surface area contributed by atoms with Gasteiger partial charge >= 0.3 is 0 Å². The lowest BCUT2D eigenvalue weighted by Gasteiger charge is -2.28. The standard InChI is InChI=1S/C14H23N3/c1-4-11(3)10-17(5-2)13-9-7-6-8-12(13)14(15)16/h6-9,11H,4-5,10H2,1-3H3,(H3,15,16). The first kappa shape index (κ1) is 13.6. The van der Waals surface area contributed by atoms with E-state index in [0.29, 0.717) is 5.92 Å². The summed E-state index contributed by atoms with van der Waals surface area (Å²) in [6.45, 7) is 8.54. The molecule has 0 saturated carbocycles. The molecule has 1 aromatic rings. The highest BCUT2D eigenvalue weighted by atomic mass is 15.1. The van der Waals surface area contributed by atoms with Crippen LogP contribution < -0.4 is 10.6 Å². The van der Waals surface area contributed by atoms with Crippen molar-refractivity contribution in [2.24, 2.45) is 11.7 Å². The van der Waals surface area contributed by atoms with Crippen molar-refractivity contribution >= 4 is 11.5 Å². The minimum Gasteiger partial charge on any atom is -0.384 e. The van der Waals surface area contributed by atoms with Crippen molar-refractivity contribution in [3.05, 3.63) is 29.8 Å². The summed E-state index contributed by atoms with van der Waals surface area (Å²) >= 11 is 0. The lowest BCUT2D eigenvalue weighted by molar-refractivity contribution is 0.548. The normalized spacial score (nSPS) is 12.2. The highest BCUT2D eigenvalue weighted by Gasteiger charge is 2.13. The SMILES string of the molecule is CCC(C)CN(CC)c1ccccc1C(=N)N. The fraction of sp³-hybridized carbons (Fsp3) is 0.500. The zero-order valence-corrected chi connectivity index (χ0v) is 11.0. The monoisotopic (exact) mass is 233 g/mol. The smallest absolute Gasteiger partial charge is 0.124 e. The van der Waals surface area contributed by atoms with Crippen LogP contribution in [-0.2, 0) is 0 Å². The van der Waals surface area contributed by atoms with Crippen LogP contribution in [0.15, 0.2) is 24.3 Å². The Kier molecular flexibility index (Phi) is 5.01. The zero-order chi connectivity index (χ0) is 12.8.